The van der Waals surface area contributed by atoms with Gasteiger partial charge in [-0.05, 0) is 18.2 Å². The Hall–Kier alpha value is -2.12. The van der Waals surface area contributed by atoms with E-state index in [4.69, 9.17) is 9.47 Å². The minimum absolute atomic E-state index is 0.0799. The summed E-state index contributed by atoms with van der Waals surface area (Å²) in [6, 6.07) is 5.53. The van der Waals surface area contributed by atoms with Gasteiger partial charge in [0.25, 0.3) is 5.91 Å². The van der Waals surface area contributed by atoms with E-state index in [1.165, 1.54) is 0 Å². The highest BCUT2D eigenvalue weighted by Gasteiger charge is 2.17. The highest BCUT2D eigenvalue weighted by Crippen LogP contribution is 2.30. The smallest absolute Gasteiger partial charge is 0.251 e. The van der Waals surface area contributed by atoms with Gasteiger partial charge in [-0.25, -0.2) is 4.98 Å². The summed E-state index contributed by atoms with van der Waals surface area (Å²) in [5.41, 5.74) is 1.57. The first-order valence-corrected chi connectivity index (χ1v) is 8.83. The molecule has 6 nitrogen and oxygen atoms in total. The van der Waals surface area contributed by atoms with E-state index in [0.717, 1.165) is 36.0 Å². The summed E-state index contributed by atoms with van der Waals surface area (Å²) >= 11 is 1.60. The topological polar surface area (TPSA) is 63.7 Å². The first-order valence-electron chi connectivity index (χ1n) is 7.95. The molecule has 1 fully saturated rings. The number of aromatic nitrogens is 1. The SMILES string of the molecule is COc1ccc(C(=O)NCCc2nccs2)cc1N1CCOCC1. The Morgan fingerprint density at radius 3 is 2.96 bits per heavy atom. The molecule has 1 N–H and O–H groups in total. The van der Waals surface area contributed by atoms with Crippen molar-refractivity contribution >= 4 is 22.9 Å². The third kappa shape index (κ3) is 4.04. The predicted octanol–water partition coefficient (Wildman–Crippen LogP) is 1.96. The van der Waals surface area contributed by atoms with Gasteiger partial charge in [0.2, 0.25) is 0 Å². The molecule has 1 aliphatic rings. The van der Waals surface area contributed by atoms with Crippen LogP contribution in [-0.2, 0) is 11.2 Å². The van der Waals surface area contributed by atoms with Crippen molar-refractivity contribution < 1.29 is 14.3 Å². The molecule has 0 radical (unpaired) electrons. The Labute approximate surface area is 145 Å². The summed E-state index contributed by atoms with van der Waals surface area (Å²) in [6.07, 6.45) is 2.52. The zero-order chi connectivity index (χ0) is 16.8. The van der Waals surface area contributed by atoms with E-state index in [9.17, 15) is 4.79 Å². The van der Waals surface area contributed by atoms with E-state index < -0.39 is 0 Å². The third-order valence-electron chi connectivity index (χ3n) is 3.90. The molecular weight excluding hydrogens is 326 g/mol. The average Bonchev–Trinajstić information content (AvgIpc) is 3.15. The van der Waals surface area contributed by atoms with Gasteiger partial charge in [-0.1, -0.05) is 0 Å². The fourth-order valence-corrected chi connectivity index (χ4v) is 3.26. The van der Waals surface area contributed by atoms with Crippen molar-refractivity contribution in [2.24, 2.45) is 0 Å². The molecule has 1 saturated heterocycles. The fraction of sp³-hybridized carbons (Fsp3) is 0.412. The molecule has 3 rings (SSSR count). The molecule has 0 unspecified atom stereocenters. The van der Waals surface area contributed by atoms with Gasteiger partial charge in [-0.15, -0.1) is 11.3 Å². The minimum atomic E-state index is -0.0799. The number of amides is 1. The van der Waals surface area contributed by atoms with Gasteiger partial charge in [-0.3, -0.25) is 4.79 Å². The Morgan fingerprint density at radius 2 is 2.25 bits per heavy atom. The van der Waals surface area contributed by atoms with E-state index >= 15 is 0 Å². The molecule has 24 heavy (non-hydrogen) atoms. The van der Waals surface area contributed by atoms with Crippen LogP contribution < -0.4 is 15.0 Å². The first-order chi connectivity index (χ1) is 11.8. The van der Waals surface area contributed by atoms with Gasteiger partial charge in [0.05, 0.1) is 31.0 Å². The standard InChI is InChI=1S/C17H21N3O3S/c1-22-15-3-2-13(12-14(15)20-7-9-23-10-8-20)17(21)19-5-4-16-18-6-11-24-16/h2-3,6,11-12H,4-5,7-10H2,1H3,(H,19,21). The fourth-order valence-electron chi connectivity index (χ4n) is 2.64. The van der Waals surface area contributed by atoms with Gasteiger partial charge in [0.1, 0.15) is 5.75 Å². The van der Waals surface area contributed by atoms with E-state index in [1.54, 1.807) is 30.7 Å². The van der Waals surface area contributed by atoms with Crippen LogP contribution in [-0.4, -0.2) is 50.8 Å². The second-order valence-electron chi connectivity index (χ2n) is 5.42. The number of methoxy groups -OCH3 is 1. The Kier molecular flexibility index (Phi) is 5.66. The number of nitrogens with zero attached hydrogens (tertiary/aromatic N) is 2. The number of anilines is 1. The van der Waals surface area contributed by atoms with Gasteiger partial charge in [0, 0.05) is 43.2 Å². The molecule has 128 valence electrons. The molecule has 2 aromatic rings. The maximum atomic E-state index is 12.4. The van der Waals surface area contributed by atoms with Crippen LogP contribution in [0.1, 0.15) is 15.4 Å². The van der Waals surface area contributed by atoms with Crippen molar-refractivity contribution in [2.45, 2.75) is 6.42 Å². The molecule has 1 aromatic carbocycles. The van der Waals surface area contributed by atoms with Crippen LogP contribution in [0.25, 0.3) is 0 Å². The lowest BCUT2D eigenvalue weighted by Gasteiger charge is -2.30. The predicted molar refractivity (Wildman–Crippen MR) is 94.2 cm³/mol. The molecule has 1 aromatic heterocycles. The van der Waals surface area contributed by atoms with Crippen LogP contribution in [0.15, 0.2) is 29.8 Å². The lowest BCUT2D eigenvalue weighted by molar-refractivity contribution is 0.0954. The molecule has 1 aliphatic heterocycles. The zero-order valence-electron chi connectivity index (χ0n) is 13.7. The van der Waals surface area contributed by atoms with Gasteiger partial charge in [-0.2, -0.15) is 0 Å². The summed E-state index contributed by atoms with van der Waals surface area (Å²) in [4.78, 5) is 18.8. The number of benzene rings is 1. The highest BCUT2D eigenvalue weighted by atomic mass is 32.1. The number of nitrogens with one attached hydrogen (secondary N) is 1. The number of carbonyl (C=O) groups excluding carboxylic acids is 1. The van der Waals surface area contributed by atoms with Crippen molar-refractivity contribution in [1.82, 2.24) is 10.3 Å². The molecule has 2 heterocycles. The van der Waals surface area contributed by atoms with Gasteiger partial charge >= 0.3 is 0 Å². The van der Waals surface area contributed by atoms with Crippen molar-refractivity contribution in [3.63, 3.8) is 0 Å². The van der Waals surface area contributed by atoms with Crippen molar-refractivity contribution in [3.05, 3.63) is 40.3 Å². The largest absolute Gasteiger partial charge is 0.495 e. The lowest BCUT2D eigenvalue weighted by atomic mass is 10.1. The minimum Gasteiger partial charge on any atom is -0.495 e. The quantitative estimate of drug-likeness (QED) is 0.865. The van der Waals surface area contributed by atoms with E-state index in [2.05, 4.69) is 15.2 Å². The summed E-state index contributed by atoms with van der Waals surface area (Å²) in [6.45, 7) is 3.54. The number of morpholine rings is 1. The van der Waals surface area contributed by atoms with Crippen LogP contribution >= 0.6 is 11.3 Å². The summed E-state index contributed by atoms with van der Waals surface area (Å²) < 4.78 is 10.8. The van der Waals surface area contributed by atoms with Crippen molar-refractivity contribution in [2.75, 3.05) is 44.9 Å². The molecule has 0 bridgehead atoms. The molecule has 0 spiro atoms. The maximum Gasteiger partial charge on any atom is 0.251 e. The monoisotopic (exact) mass is 347 g/mol. The Balaban J connectivity index is 1.66. The molecule has 0 saturated carbocycles. The second-order valence-corrected chi connectivity index (χ2v) is 6.40. The van der Waals surface area contributed by atoms with Crippen LogP contribution in [0.4, 0.5) is 5.69 Å². The van der Waals surface area contributed by atoms with Crippen molar-refractivity contribution in [3.8, 4) is 5.75 Å². The molecule has 7 heteroatoms. The Morgan fingerprint density at radius 1 is 1.42 bits per heavy atom. The number of thiazole rings is 1. The first kappa shape index (κ1) is 16.7. The van der Waals surface area contributed by atoms with Crippen LogP contribution in [0.5, 0.6) is 5.75 Å². The van der Waals surface area contributed by atoms with Crippen molar-refractivity contribution in [1.29, 1.82) is 0 Å². The number of hydrogen-bond donors (Lipinski definition) is 1. The van der Waals surface area contributed by atoms with E-state index in [-0.39, 0.29) is 5.91 Å². The third-order valence-corrected chi connectivity index (χ3v) is 4.74. The summed E-state index contributed by atoms with van der Waals surface area (Å²) in [5, 5.41) is 5.92. The number of carbonyl (C=O) groups is 1. The normalized spacial score (nSPS) is 14.5. The average molecular weight is 347 g/mol. The maximum absolute atomic E-state index is 12.4. The number of rotatable bonds is 6. The Bertz CT molecular complexity index is 670. The van der Waals surface area contributed by atoms with E-state index in [0.29, 0.717) is 25.3 Å². The number of ether oxygens (including phenoxy) is 2. The van der Waals surface area contributed by atoms with Gasteiger partial charge in [0.15, 0.2) is 0 Å². The van der Waals surface area contributed by atoms with Gasteiger partial charge < -0.3 is 19.7 Å². The van der Waals surface area contributed by atoms with Crippen LogP contribution in [0.3, 0.4) is 0 Å². The molecular formula is C17H21N3O3S. The molecule has 0 aliphatic carbocycles. The van der Waals surface area contributed by atoms with Crippen LogP contribution in [0, 0.1) is 0 Å². The zero-order valence-corrected chi connectivity index (χ0v) is 14.5. The summed E-state index contributed by atoms with van der Waals surface area (Å²) in [5.74, 6) is 0.694. The summed E-state index contributed by atoms with van der Waals surface area (Å²) in [7, 11) is 1.65. The highest BCUT2D eigenvalue weighted by molar-refractivity contribution is 7.09. The lowest BCUT2D eigenvalue weighted by Crippen LogP contribution is -2.36. The second kappa shape index (κ2) is 8.12. The molecule has 1 amide bonds. The number of hydrogen-bond acceptors (Lipinski definition) is 6. The molecule has 0 atom stereocenters. The van der Waals surface area contributed by atoms with E-state index in [1.807, 2.05) is 17.5 Å². The van der Waals surface area contributed by atoms with Crippen LogP contribution in [0.2, 0.25) is 0 Å².